The lowest BCUT2D eigenvalue weighted by Crippen LogP contribution is -2.50. The van der Waals surface area contributed by atoms with Gasteiger partial charge in [0.1, 0.15) is 5.75 Å². The van der Waals surface area contributed by atoms with Crippen LogP contribution in [0.5, 0.6) is 5.75 Å². The van der Waals surface area contributed by atoms with E-state index in [4.69, 9.17) is 15.4 Å². The zero-order valence-electron chi connectivity index (χ0n) is 10.8. The summed E-state index contributed by atoms with van der Waals surface area (Å²) < 4.78 is 27.8. The summed E-state index contributed by atoms with van der Waals surface area (Å²) in [4.78, 5) is 13.5. The highest BCUT2D eigenvalue weighted by Crippen LogP contribution is 2.37. The Morgan fingerprint density at radius 1 is 1.37 bits per heavy atom. The van der Waals surface area contributed by atoms with Crippen molar-refractivity contribution in [1.29, 1.82) is 0 Å². The van der Waals surface area contributed by atoms with E-state index in [1.165, 1.54) is 4.90 Å². The predicted octanol–water partition coefficient (Wildman–Crippen LogP) is 1.89. The Labute approximate surface area is 116 Å². The number of benzene rings is 1. The van der Waals surface area contributed by atoms with Crippen LogP contribution in [0.3, 0.4) is 0 Å². The lowest BCUT2D eigenvalue weighted by atomic mass is 10.0. The minimum absolute atomic E-state index is 0.189. The summed E-state index contributed by atoms with van der Waals surface area (Å²) in [7, 11) is 3.22. The van der Waals surface area contributed by atoms with E-state index in [0.717, 1.165) is 0 Å². The molecule has 0 saturated heterocycles. The Bertz CT molecular complexity index is 639. The first-order valence-electron chi connectivity index (χ1n) is 5.62. The monoisotopic (exact) mass is 303 g/mol. The molecule has 104 valence electrons. The Kier molecular flexibility index (Phi) is 3.26. The van der Waals surface area contributed by atoms with Gasteiger partial charge >= 0.3 is 0 Å². The fourth-order valence-corrected chi connectivity index (χ4v) is 2.99. The number of likely N-dealkylation sites (N-methyl/N-ethyl adjacent to an activating group) is 1. The third kappa shape index (κ3) is 2.84. The Morgan fingerprint density at radius 3 is 2.58 bits per heavy atom. The molecule has 0 N–H and O–H groups in total. The highest BCUT2D eigenvalue weighted by atomic mass is 35.7. The molecule has 1 aromatic rings. The minimum Gasteiger partial charge on any atom is -0.476 e. The van der Waals surface area contributed by atoms with E-state index in [-0.39, 0.29) is 11.7 Å². The van der Waals surface area contributed by atoms with Crippen LogP contribution in [-0.2, 0) is 19.6 Å². The average Bonchev–Trinajstić information content (AvgIpc) is 2.25. The van der Waals surface area contributed by atoms with Crippen molar-refractivity contribution in [2.24, 2.45) is 0 Å². The molecule has 0 aromatic heterocycles. The normalized spacial score (nSPS) is 17.9. The zero-order valence-corrected chi connectivity index (χ0v) is 12.4. The van der Waals surface area contributed by atoms with Gasteiger partial charge in [0.2, 0.25) is 9.05 Å². The van der Waals surface area contributed by atoms with E-state index in [0.29, 0.717) is 17.0 Å². The van der Waals surface area contributed by atoms with Crippen LogP contribution in [0, 0.1) is 0 Å². The molecular formula is C12H14ClNO4S. The van der Waals surface area contributed by atoms with E-state index in [9.17, 15) is 13.2 Å². The van der Waals surface area contributed by atoms with E-state index >= 15 is 0 Å². The van der Waals surface area contributed by atoms with Crippen molar-refractivity contribution in [3.8, 4) is 5.75 Å². The second-order valence-electron chi connectivity index (χ2n) is 4.96. The van der Waals surface area contributed by atoms with Gasteiger partial charge < -0.3 is 9.64 Å². The molecule has 5 nitrogen and oxygen atoms in total. The lowest BCUT2D eigenvalue weighted by Gasteiger charge is -2.37. The number of carbonyl (C=O) groups is 1. The number of rotatable bonds is 2. The number of halogens is 1. The molecule has 7 heteroatoms. The number of ether oxygens (including phenoxy) is 1. The maximum Gasteiger partial charge on any atom is 0.270 e. The fraction of sp³-hybridized carbons (Fsp3) is 0.417. The highest BCUT2D eigenvalue weighted by molar-refractivity contribution is 8.13. The van der Waals surface area contributed by atoms with Crippen LogP contribution < -0.4 is 9.64 Å². The fourth-order valence-electron chi connectivity index (χ4n) is 2.03. The van der Waals surface area contributed by atoms with Crippen molar-refractivity contribution in [1.82, 2.24) is 0 Å². The van der Waals surface area contributed by atoms with E-state index < -0.39 is 14.7 Å². The van der Waals surface area contributed by atoms with Gasteiger partial charge in [-0.25, -0.2) is 8.42 Å². The van der Waals surface area contributed by atoms with Gasteiger partial charge in [-0.15, -0.1) is 0 Å². The Morgan fingerprint density at radius 2 is 2.00 bits per heavy atom. The van der Waals surface area contributed by atoms with Gasteiger partial charge in [0, 0.05) is 17.7 Å². The van der Waals surface area contributed by atoms with Gasteiger partial charge in [0.25, 0.3) is 5.91 Å². The number of nitrogens with zero attached hydrogens (tertiary/aromatic N) is 1. The quantitative estimate of drug-likeness (QED) is 0.783. The minimum atomic E-state index is -3.63. The second kappa shape index (κ2) is 4.38. The van der Waals surface area contributed by atoms with E-state index in [1.54, 1.807) is 39.1 Å². The molecule has 0 bridgehead atoms. The molecule has 1 aliphatic heterocycles. The number of amides is 1. The maximum absolute atomic E-state index is 12.1. The lowest BCUT2D eigenvalue weighted by molar-refractivity contribution is -0.132. The zero-order chi connectivity index (χ0) is 14.4. The first-order valence-corrected chi connectivity index (χ1v) is 8.10. The van der Waals surface area contributed by atoms with E-state index in [1.807, 2.05) is 0 Å². The largest absolute Gasteiger partial charge is 0.476 e. The number of fused-ring (bicyclic) bond motifs is 1. The molecule has 1 aromatic carbocycles. The molecule has 0 fully saturated rings. The third-order valence-corrected chi connectivity index (χ3v) is 3.91. The van der Waals surface area contributed by atoms with Crippen LogP contribution in [0.2, 0.25) is 0 Å². The number of carbonyl (C=O) groups excluding carboxylic acids is 1. The van der Waals surface area contributed by atoms with Crippen molar-refractivity contribution < 1.29 is 17.9 Å². The van der Waals surface area contributed by atoms with Crippen LogP contribution in [0.15, 0.2) is 18.2 Å². The van der Waals surface area contributed by atoms with Crippen LogP contribution in [-0.4, -0.2) is 27.0 Å². The van der Waals surface area contributed by atoms with Crippen molar-refractivity contribution in [3.63, 3.8) is 0 Å². The summed E-state index contributed by atoms with van der Waals surface area (Å²) in [6.45, 7) is 3.37. The van der Waals surface area contributed by atoms with Crippen LogP contribution in [0.25, 0.3) is 0 Å². The third-order valence-electron chi connectivity index (χ3n) is 2.91. The first-order chi connectivity index (χ1) is 8.60. The highest BCUT2D eigenvalue weighted by Gasteiger charge is 2.39. The molecule has 0 radical (unpaired) electrons. The second-order valence-corrected chi connectivity index (χ2v) is 7.74. The van der Waals surface area contributed by atoms with Crippen molar-refractivity contribution in [2.45, 2.75) is 25.2 Å². The molecule has 19 heavy (non-hydrogen) atoms. The van der Waals surface area contributed by atoms with Crippen molar-refractivity contribution >= 4 is 31.3 Å². The Balaban J connectivity index is 2.44. The molecular weight excluding hydrogens is 290 g/mol. The van der Waals surface area contributed by atoms with Crippen molar-refractivity contribution in [2.75, 3.05) is 11.9 Å². The SMILES string of the molecule is CN1C(=O)C(C)(C)Oc2ccc(CS(=O)(=O)Cl)cc21. The standard InChI is InChI=1S/C12H14ClNO4S/c1-12(2)11(15)14(3)9-6-8(7-19(13,16)17)4-5-10(9)18-12/h4-6H,7H2,1-3H3. The molecule has 0 spiro atoms. The summed E-state index contributed by atoms with van der Waals surface area (Å²) in [6, 6.07) is 4.87. The van der Waals surface area contributed by atoms with Gasteiger partial charge in [-0.05, 0) is 31.5 Å². The van der Waals surface area contributed by atoms with Gasteiger partial charge in [0.05, 0.1) is 11.4 Å². The van der Waals surface area contributed by atoms with Crippen molar-refractivity contribution in [3.05, 3.63) is 23.8 Å². The smallest absolute Gasteiger partial charge is 0.270 e. The van der Waals surface area contributed by atoms with Gasteiger partial charge in [-0.1, -0.05) is 6.07 Å². The summed E-state index contributed by atoms with van der Waals surface area (Å²) in [5.41, 5.74) is 0.126. The average molecular weight is 304 g/mol. The summed E-state index contributed by atoms with van der Waals surface area (Å²) in [5.74, 6) is 0.0708. The molecule has 0 saturated carbocycles. The topological polar surface area (TPSA) is 63.7 Å². The molecule has 0 aliphatic carbocycles. The van der Waals surface area contributed by atoms with Gasteiger partial charge in [0.15, 0.2) is 5.60 Å². The molecule has 1 amide bonds. The first kappa shape index (κ1) is 14.1. The molecule has 0 unspecified atom stereocenters. The Hall–Kier alpha value is -1.27. The van der Waals surface area contributed by atoms with Gasteiger partial charge in [-0.2, -0.15) is 0 Å². The van der Waals surface area contributed by atoms with Crippen LogP contribution in [0.1, 0.15) is 19.4 Å². The summed E-state index contributed by atoms with van der Waals surface area (Å²) >= 11 is 0. The molecule has 0 atom stereocenters. The van der Waals surface area contributed by atoms with Crippen LogP contribution >= 0.6 is 10.7 Å². The number of anilines is 1. The van der Waals surface area contributed by atoms with Crippen LogP contribution in [0.4, 0.5) is 5.69 Å². The molecule has 1 heterocycles. The number of hydrogen-bond acceptors (Lipinski definition) is 4. The molecule has 1 aliphatic rings. The summed E-state index contributed by atoms with van der Waals surface area (Å²) in [6.07, 6.45) is 0. The molecule has 2 rings (SSSR count). The maximum atomic E-state index is 12.1. The predicted molar refractivity (Wildman–Crippen MR) is 73.0 cm³/mol. The number of hydrogen-bond donors (Lipinski definition) is 0. The summed E-state index contributed by atoms with van der Waals surface area (Å²) in [5, 5.41) is 0. The van der Waals surface area contributed by atoms with Gasteiger partial charge in [-0.3, -0.25) is 4.79 Å². The van der Waals surface area contributed by atoms with E-state index in [2.05, 4.69) is 0 Å².